The quantitative estimate of drug-likeness (QED) is 0.209. The summed E-state index contributed by atoms with van der Waals surface area (Å²) in [6.07, 6.45) is 1.05. The van der Waals surface area contributed by atoms with Crippen molar-refractivity contribution in [3.63, 3.8) is 0 Å². The molecule has 15 heteroatoms. The molecule has 36 heavy (non-hydrogen) atoms. The molecule has 10 nitrogen and oxygen atoms in total. The van der Waals surface area contributed by atoms with Gasteiger partial charge in [0.25, 0.3) is 5.69 Å². The Bertz CT molecular complexity index is 1400. The number of pyridine rings is 1. The minimum Gasteiger partial charge on any atom is -0.439 e. The number of nitrogens with zero attached hydrogens (tertiary/aromatic N) is 3. The molecule has 0 unspecified atom stereocenters. The molecule has 1 aromatic heterocycles. The van der Waals surface area contributed by atoms with Crippen LogP contribution in [0.1, 0.15) is 18.1 Å². The molecule has 0 amide bonds. The number of nitro groups is 1. The van der Waals surface area contributed by atoms with E-state index in [1.165, 1.54) is 35.9 Å². The first-order chi connectivity index (χ1) is 16.9. The number of anilines is 1. The molecule has 0 bridgehead atoms. The van der Waals surface area contributed by atoms with Crippen LogP contribution in [-0.4, -0.2) is 29.5 Å². The Morgan fingerprint density at radius 2 is 1.94 bits per heavy atom. The molecule has 1 N–H and O–H groups in total. The SMILES string of the molecule is C/C(=N\OCc1cccc(Oc2ccc([N+](=O)[O-])cn2)c1)c1cc(Cl)ccc1NS(=O)(=O)C(F)(F)F. The van der Waals surface area contributed by atoms with E-state index in [1.807, 2.05) is 0 Å². The third-order valence-corrected chi connectivity index (χ3v) is 5.74. The van der Waals surface area contributed by atoms with Crippen molar-refractivity contribution in [1.82, 2.24) is 4.98 Å². The van der Waals surface area contributed by atoms with Crippen molar-refractivity contribution in [2.45, 2.75) is 19.0 Å². The van der Waals surface area contributed by atoms with Gasteiger partial charge in [0.05, 0.1) is 16.3 Å². The summed E-state index contributed by atoms with van der Waals surface area (Å²) in [5, 5.41) is 14.7. The lowest BCUT2D eigenvalue weighted by molar-refractivity contribution is -0.385. The van der Waals surface area contributed by atoms with E-state index in [0.717, 1.165) is 12.3 Å². The van der Waals surface area contributed by atoms with E-state index < -0.39 is 20.5 Å². The van der Waals surface area contributed by atoms with Crippen LogP contribution in [0.4, 0.5) is 24.5 Å². The van der Waals surface area contributed by atoms with Crippen molar-refractivity contribution in [1.29, 1.82) is 0 Å². The highest BCUT2D eigenvalue weighted by atomic mass is 35.5. The molecule has 3 aromatic rings. The topological polar surface area (TPSA) is 133 Å². The summed E-state index contributed by atoms with van der Waals surface area (Å²) in [4.78, 5) is 19.2. The summed E-state index contributed by atoms with van der Waals surface area (Å²) in [5.74, 6) is 0.485. The number of hydrogen-bond donors (Lipinski definition) is 1. The van der Waals surface area contributed by atoms with Gasteiger partial charge < -0.3 is 9.57 Å². The molecule has 0 saturated carbocycles. The average Bonchev–Trinajstić information content (AvgIpc) is 2.80. The second-order valence-electron chi connectivity index (χ2n) is 7.05. The van der Waals surface area contributed by atoms with Crippen molar-refractivity contribution in [3.05, 3.63) is 87.1 Å². The van der Waals surface area contributed by atoms with Crippen molar-refractivity contribution >= 4 is 38.7 Å². The van der Waals surface area contributed by atoms with Gasteiger partial charge in [-0.15, -0.1) is 0 Å². The first-order valence-corrected chi connectivity index (χ1v) is 11.6. The Hall–Kier alpha value is -3.91. The Balaban J connectivity index is 1.71. The number of sulfonamides is 1. The average molecular weight is 545 g/mol. The van der Waals surface area contributed by atoms with E-state index >= 15 is 0 Å². The number of nitrogens with one attached hydrogen (secondary N) is 1. The number of benzene rings is 2. The number of alkyl halides is 3. The molecule has 0 saturated heterocycles. The van der Waals surface area contributed by atoms with Gasteiger partial charge in [-0.2, -0.15) is 21.6 Å². The highest BCUT2D eigenvalue weighted by Crippen LogP contribution is 2.29. The minimum atomic E-state index is -5.66. The van der Waals surface area contributed by atoms with Crippen LogP contribution in [0.2, 0.25) is 5.02 Å². The first-order valence-electron chi connectivity index (χ1n) is 9.78. The summed E-state index contributed by atoms with van der Waals surface area (Å²) in [6.45, 7) is 1.32. The lowest BCUT2D eigenvalue weighted by Gasteiger charge is -2.14. The highest BCUT2D eigenvalue weighted by molar-refractivity contribution is 7.93. The molecule has 0 atom stereocenters. The second-order valence-corrected chi connectivity index (χ2v) is 9.16. The summed E-state index contributed by atoms with van der Waals surface area (Å²) in [5.41, 5.74) is -5.45. The summed E-state index contributed by atoms with van der Waals surface area (Å²) < 4.78 is 68.3. The van der Waals surface area contributed by atoms with Gasteiger partial charge in [0.2, 0.25) is 5.88 Å². The number of aromatic nitrogens is 1. The van der Waals surface area contributed by atoms with Crippen molar-refractivity contribution in [2.24, 2.45) is 5.16 Å². The third kappa shape index (κ3) is 6.82. The molecular weight excluding hydrogens is 529 g/mol. The Morgan fingerprint density at radius 3 is 2.58 bits per heavy atom. The number of rotatable bonds is 9. The largest absolute Gasteiger partial charge is 0.516 e. The summed E-state index contributed by atoms with van der Waals surface area (Å²) >= 11 is 5.91. The van der Waals surface area contributed by atoms with Gasteiger partial charge in [-0.05, 0) is 42.8 Å². The minimum absolute atomic E-state index is 0.0170. The van der Waals surface area contributed by atoms with Crippen LogP contribution in [0.15, 0.2) is 65.9 Å². The fraction of sp³-hybridized carbons (Fsp3) is 0.143. The predicted molar refractivity (Wildman–Crippen MR) is 124 cm³/mol. The van der Waals surface area contributed by atoms with Crippen LogP contribution in [0.5, 0.6) is 11.6 Å². The molecule has 2 aromatic carbocycles. The highest BCUT2D eigenvalue weighted by Gasteiger charge is 2.46. The van der Waals surface area contributed by atoms with Gasteiger partial charge in [0.15, 0.2) is 0 Å². The molecular formula is C21H16ClF3N4O6S. The standard InChI is InChI=1S/C21H16ClF3N4O6S/c1-13(18-10-15(22)5-7-19(18)28-36(32,33)21(23,24)25)27-34-12-14-3-2-4-17(9-14)35-20-8-6-16(11-26-20)29(30)31/h2-11,28H,12H2,1H3/b27-13+. The zero-order valence-electron chi connectivity index (χ0n) is 18.2. The molecule has 0 spiro atoms. The van der Waals surface area contributed by atoms with E-state index in [2.05, 4.69) is 10.1 Å². The molecule has 190 valence electrons. The molecule has 0 aliphatic heterocycles. The third-order valence-electron chi connectivity index (χ3n) is 4.41. The van der Waals surface area contributed by atoms with Gasteiger partial charge in [-0.25, -0.2) is 4.98 Å². The van der Waals surface area contributed by atoms with Gasteiger partial charge in [-0.1, -0.05) is 28.9 Å². The van der Waals surface area contributed by atoms with Crippen LogP contribution in [-0.2, 0) is 21.5 Å². The van der Waals surface area contributed by atoms with Crippen molar-refractivity contribution in [3.8, 4) is 11.6 Å². The number of halogens is 4. The van der Waals surface area contributed by atoms with Crippen LogP contribution in [0.3, 0.4) is 0 Å². The van der Waals surface area contributed by atoms with Crippen LogP contribution >= 0.6 is 11.6 Å². The van der Waals surface area contributed by atoms with Crippen LogP contribution in [0, 0.1) is 10.1 Å². The zero-order valence-corrected chi connectivity index (χ0v) is 19.8. The maximum absolute atomic E-state index is 12.8. The number of hydrogen-bond acceptors (Lipinski definition) is 8. The van der Waals surface area contributed by atoms with E-state index in [4.69, 9.17) is 21.2 Å². The zero-order chi connectivity index (χ0) is 26.5. The Labute approximate surface area is 207 Å². The lowest BCUT2D eigenvalue weighted by atomic mass is 10.1. The van der Waals surface area contributed by atoms with Crippen LogP contribution in [0.25, 0.3) is 0 Å². The molecule has 3 rings (SSSR count). The number of oxime groups is 1. The van der Waals surface area contributed by atoms with Gasteiger partial charge >= 0.3 is 15.5 Å². The molecule has 0 aliphatic rings. The normalized spacial score (nSPS) is 12.2. The van der Waals surface area contributed by atoms with E-state index in [-0.39, 0.29) is 40.2 Å². The second kappa shape index (κ2) is 10.8. The molecule has 0 fully saturated rings. The fourth-order valence-electron chi connectivity index (χ4n) is 2.72. The van der Waals surface area contributed by atoms with Crippen LogP contribution < -0.4 is 9.46 Å². The lowest BCUT2D eigenvalue weighted by Crippen LogP contribution is -2.30. The monoisotopic (exact) mass is 544 g/mol. The van der Waals surface area contributed by atoms with Gasteiger partial charge in [0.1, 0.15) is 18.6 Å². The van der Waals surface area contributed by atoms with Crippen molar-refractivity contribution in [2.75, 3.05) is 4.72 Å². The molecule has 0 radical (unpaired) electrons. The number of ether oxygens (including phenoxy) is 1. The predicted octanol–water partition coefficient (Wildman–Crippen LogP) is 5.64. The maximum atomic E-state index is 12.8. The van der Waals surface area contributed by atoms with E-state index in [0.29, 0.717) is 11.3 Å². The fourth-order valence-corrected chi connectivity index (χ4v) is 3.48. The van der Waals surface area contributed by atoms with E-state index in [1.54, 1.807) is 24.3 Å². The maximum Gasteiger partial charge on any atom is 0.516 e. The summed E-state index contributed by atoms with van der Waals surface area (Å²) in [7, 11) is -5.66. The summed E-state index contributed by atoms with van der Waals surface area (Å²) in [6, 6.07) is 12.7. The smallest absolute Gasteiger partial charge is 0.439 e. The molecule has 1 heterocycles. The first kappa shape index (κ1) is 26.7. The van der Waals surface area contributed by atoms with E-state index in [9.17, 15) is 31.7 Å². The van der Waals surface area contributed by atoms with Crippen molar-refractivity contribution < 1.29 is 36.1 Å². The Kier molecular flexibility index (Phi) is 8.00. The molecule has 0 aliphatic carbocycles. The van der Waals surface area contributed by atoms with Gasteiger partial charge in [-0.3, -0.25) is 14.8 Å². The Morgan fingerprint density at radius 1 is 1.19 bits per heavy atom. The van der Waals surface area contributed by atoms with Gasteiger partial charge in [0, 0.05) is 22.7 Å².